The van der Waals surface area contributed by atoms with Crippen LogP contribution in [0.15, 0.2) is 28.7 Å². The van der Waals surface area contributed by atoms with E-state index in [1.165, 1.54) is 12.8 Å². The van der Waals surface area contributed by atoms with E-state index in [-0.39, 0.29) is 5.97 Å². The highest BCUT2D eigenvalue weighted by atomic mass is 79.9. The average Bonchev–Trinajstić information content (AvgIpc) is 2.47. The standard InChI is InChI=1S/C16H22BrNO2/c1-12(13-6-4-8-18-10-13)9-16(19)20-11-14-5-2-3-7-15(14)17/h2-3,5,7,12-13,18H,4,6,8-11H2,1H3. The molecule has 0 amide bonds. The van der Waals surface area contributed by atoms with Gasteiger partial charge < -0.3 is 10.1 Å². The van der Waals surface area contributed by atoms with Crippen LogP contribution in [0.3, 0.4) is 0 Å². The van der Waals surface area contributed by atoms with Crippen molar-refractivity contribution in [2.75, 3.05) is 13.1 Å². The van der Waals surface area contributed by atoms with E-state index in [9.17, 15) is 4.79 Å². The van der Waals surface area contributed by atoms with E-state index < -0.39 is 0 Å². The zero-order chi connectivity index (χ0) is 14.4. The maximum atomic E-state index is 11.9. The first-order valence-corrected chi connectivity index (χ1v) is 8.06. The van der Waals surface area contributed by atoms with Crippen molar-refractivity contribution < 1.29 is 9.53 Å². The summed E-state index contributed by atoms with van der Waals surface area (Å²) in [6.07, 6.45) is 2.93. The second kappa shape index (κ2) is 7.79. The molecule has 1 N–H and O–H groups in total. The molecule has 1 fully saturated rings. The molecule has 20 heavy (non-hydrogen) atoms. The summed E-state index contributed by atoms with van der Waals surface area (Å²) in [5.74, 6) is 0.883. The minimum atomic E-state index is -0.0983. The molecule has 0 bridgehead atoms. The average molecular weight is 340 g/mol. The lowest BCUT2D eigenvalue weighted by atomic mass is 9.85. The number of nitrogens with one attached hydrogen (secondary N) is 1. The zero-order valence-corrected chi connectivity index (χ0v) is 13.5. The third-order valence-corrected chi connectivity index (χ3v) is 4.75. The highest BCUT2D eigenvalue weighted by Crippen LogP contribution is 2.23. The van der Waals surface area contributed by atoms with Crippen LogP contribution in [0.25, 0.3) is 0 Å². The number of carbonyl (C=O) groups excluding carboxylic acids is 1. The topological polar surface area (TPSA) is 38.3 Å². The quantitative estimate of drug-likeness (QED) is 0.834. The monoisotopic (exact) mass is 339 g/mol. The summed E-state index contributed by atoms with van der Waals surface area (Å²) < 4.78 is 6.36. The van der Waals surface area contributed by atoms with E-state index in [1.807, 2.05) is 24.3 Å². The normalized spacial score (nSPS) is 20.4. The fourth-order valence-electron chi connectivity index (χ4n) is 2.63. The van der Waals surface area contributed by atoms with Gasteiger partial charge >= 0.3 is 5.97 Å². The number of hydrogen-bond acceptors (Lipinski definition) is 3. The van der Waals surface area contributed by atoms with Gasteiger partial charge in [-0.3, -0.25) is 4.79 Å². The van der Waals surface area contributed by atoms with Crippen LogP contribution in [0.1, 0.15) is 31.7 Å². The highest BCUT2D eigenvalue weighted by Gasteiger charge is 2.22. The van der Waals surface area contributed by atoms with E-state index in [4.69, 9.17) is 4.74 Å². The first kappa shape index (κ1) is 15.5. The second-order valence-electron chi connectivity index (χ2n) is 5.54. The molecule has 1 aromatic rings. The summed E-state index contributed by atoms with van der Waals surface area (Å²) in [5, 5.41) is 3.40. The van der Waals surface area contributed by atoms with Crippen molar-refractivity contribution in [2.45, 2.75) is 32.8 Å². The van der Waals surface area contributed by atoms with Crippen LogP contribution in [0.4, 0.5) is 0 Å². The summed E-state index contributed by atoms with van der Waals surface area (Å²) >= 11 is 3.46. The van der Waals surface area contributed by atoms with E-state index in [0.29, 0.717) is 24.9 Å². The van der Waals surface area contributed by atoms with Crippen LogP contribution in [0.5, 0.6) is 0 Å². The Morgan fingerprint density at radius 3 is 3.00 bits per heavy atom. The lowest BCUT2D eigenvalue weighted by molar-refractivity contribution is -0.146. The van der Waals surface area contributed by atoms with Crippen LogP contribution >= 0.6 is 15.9 Å². The molecular weight excluding hydrogens is 318 g/mol. The second-order valence-corrected chi connectivity index (χ2v) is 6.39. The molecule has 0 aromatic heterocycles. The van der Waals surface area contributed by atoms with Crippen molar-refractivity contribution in [3.05, 3.63) is 34.3 Å². The van der Waals surface area contributed by atoms with Gasteiger partial charge in [0.05, 0.1) is 0 Å². The van der Waals surface area contributed by atoms with Crippen molar-refractivity contribution in [3.63, 3.8) is 0 Å². The highest BCUT2D eigenvalue weighted by molar-refractivity contribution is 9.10. The smallest absolute Gasteiger partial charge is 0.306 e. The Bertz CT molecular complexity index is 444. The molecule has 2 atom stereocenters. The molecule has 1 heterocycles. The van der Waals surface area contributed by atoms with Crippen LogP contribution in [0, 0.1) is 11.8 Å². The van der Waals surface area contributed by atoms with E-state index in [1.54, 1.807) is 0 Å². The first-order valence-electron chi connectivity index (χ1n) is 7.26. The number of esters is 1. The Hall–Kier alpha value is -0.870. The van der Waals surface area contributed by atoms with Gasteiger partial charge in [0.2, 0.25) is 0 Å². The van der Waals surface area contributed by atoms with Gasteiger partial charge in [0.25, 0.3) is 0 Å². The minimum Gasteiger partial charge on any atom is -0.461 e. The maximum absolute atomic E-state index is 11.9. The molecule has 1 aliphatic rings. The molecule has 2 rings (SSSR count). The van der Waals surface area contributed by atoms with Gasteiger partial charge in [-0.2, -0.15) is 0 Å². The van der Waals surface area contributed by atoms with Gasteiger partial charge in [0.1, 0.15) is 6.61 Å². The predicted octanol–water partition coefficient (Wildman–Crippen LogP) is 3.52. The molecule has 0 aliphatic carbocycles. The SMILES string of the molecule is CC(CC(=O)OCc1ccccc1Br)C1CCCNC1. The fourth-order valence-corrected chi connectivity index (χ4v) is 3.03. The van der Waals surface area contributed by atoms with Crippen LogP contribution < -0.4 is 5.32 Å². The minimum absolute atomic E-state index is 0.0983. The molecule has 1 saturated heterocycles. The Kier molecular flexibility index (Phi) is 6.05. The third-order valence-electron chi connectivity index (χ3n) is 3.97. The van der Waals surface area contributed by atoms with E-state index in [0.717, 1.165) is 23.1 Å². The van der Waals surface area contributed by atoms with Gasteiger partial charge in [-0.15, -0.1) is 0 Å². The van der Waals surface area contributed by atoms with Crippen molar-refractivity contribution in [2.24, 2.45) is 11.8 Å². The zero-order valence-electron chi connectivity index (χ0n) is 11.9. The Labute approximate surface area is 129 Å². The molecule has 4 heteroatoms. The summed E-state index contributed by atoms with van der Waals surface area (Å²) in [4.78, 5) is 11.9. The molecular formula is C16H22BrNO2. The molecule has 0 radical (unpaired) electrons. The number of ether oxygens (including phenoxy) is 1. The van der Waals surface area contributed by atoms with E-state index in [2.05, 4.69) is 28.2 Å². The molecule has 110 valence electrons. The largest absolute Gasteiger partial charge is 0.461 e. The summed E-state index contributed by atoms with van der Waals surface area (Å²) in [6, 6.07) is 7.82. The first-order chi connectivity index (χ1) is 9.66. The number of rotatable bonds is 5. The molecule has 1 aliphatic heterocycles. The number of halogens is 1. The van der Waals surface area contributed by atoms with E-state index >= 15 is 0 Å². The lowest BCUT2D eigenvalue weighted by Crippen LogP contribution is -2.34. The van der Waals surface area contributed by atoms with Gasteiger partial charge in [-0.05, 0) is 43.8 Å². The summed E-state index contributed by atoms with van der Waals surface area (Å²) in [5.41, 5.74) is 1.01. The Morgan fingerprint density at radius 1 is 1.50 bits per heavy atom. The van der Waals surface area contributed by atoms with Crippen LogP contribution in [0.2, 0.25) is 0 Å². The molecule has 1 aromatic carbocycles. The van der Waals surface area contributed by atoms with Gasteiger partial charge in [0.15, 0.2) is 0 Å². The molecule has 0 spiro atoms. The number of piperidine rings is 1. The number of benzene rings is 1. The number of carbonyl (C=O) groups is 1. The molecule has 3 nitrogen and oxygen atoms in total. The van der Waals surface area contributed by atoms with Gasteiger partial charge in [0, 0.05) is 16.5 Å². The number of hydrogen-bond donors (Lipinski definition) is 1. The van der Waals surface area contributed by atoms with Crippen molar-refractivity contribution in [1.82, 2.24) is 5.32 Å². The van der Waals surface area contributed by atoms with Gasteiger partial charge in [-0.1, -0.05) is 41.1 Å². The predicted molar refractivity (Wildman–Crippen MR) is 83.3 cm³/mol. The van der Waals surface area contributed by atoms with Crippen molar-refractivity contribution in [3.8, 4) is 0 Å². The van der Waals surface area contributed by atoms with Crippen molar-refractivity contribution in [1.29, 1.82) is 0 Å². The summed E-state index contributed by atoms with van der Waals surface area (Å²) in [7, 11) is 0. The van der Waals surface area contributed by atoms with Crippen LogP contribution in [-0.2, 0) is 16.1 Å². The lowest BCUT2D eigenvalue weighted by Gasteiger charge is -2.27. The molecule has 2 unspecified atom stereocenters. The Morgan fingerprint density at radius 2 is 2.30 bits per heavy atom. The fraction of sp³-hybridized carbons (Fsp3) is 0.562. The van der Waals surface area contributed by atoms with Crippen LogP contribution in [-0.4, -0.2) is 19.1 Å². The third kappa shape index (κ3) is 4.60. The molecule has 0 saturated carbocycles. The maximum Gasteiger partial charge on any atom is 0.306 e. The summed E-state index contributed by atoms with van der Waals surface area (Å²) in [6.45, 7) is 4.63. The Balaban J connectivity index is 1.76. The van der Waals surface area contributed by atoms with Gasteiger partial charge in [-0.25, -0.2) is 0 Å². The van der Waals surface area contributed by atoms with Crippen molar-refractivity contribution >= 4 is 21.9 Å².